The average Bonchev–Trinajstić information content (AvgIpc) is 2.60. The van der Waals surface area contributed by atoms with Gasteiger partial charge in [0.15, 0.2) is 0 Å². The summed E-state index contributed by atoms with van der Waals surface area (Å²) in [6.07, 6.45) is 4.04. The average molecular weight is 345 g/mol. The third-order valence-corrected chi connectivity index (χ3v) is 5.51. The Morgan fingerprint density at radius 2 is 2.12 bits per heavy atom. The number of rotatable bonds is 4. The van der Waals surface area contributed by atoms with Gasteiger partial charge in [0, 0.05) is 24.6 Å². The van der Waals surface area contributed by atoms with Gasteiger partial charge in [-0.2, -0.15) is 0 Å². The standard InChI is InChI=1S/C18H23N3O4/c1-2-11-9-17(22)20-15-10-12(7-8-13(11)15)19-18(23)14-5-3-4-6-16(14)21(24)25/h3-6,11-13,15H,2,7-10H2,1H3,(H,19,23)(H,20,22). The number of nitro groups is 1. The van der Waals surface area contributed by atoms with E-state index in [-0.39, 0.29) is 29.2 Å². The van der Waals surface area contributed by atoms with Crippen LogP contribution in [0.4, 0.5) is 5.69 Å². The number of nitrogens with zero attached hydrogens (tertiary/aromatic N) is 1. The van der Waals surface area contributed by atoms with Gasteiger partial charge < -0.3 is 10.6 Å². The molecule has 0 radical (unpaired) electrons. The van der Waals surface area contributed by atoms with Crippen LogP contribution in [-0.4, -0.2) is 28.8 Å². The third kappa shape index (κ3) is 3.65. The molecular formula is C18H23N3O4. The van der Waals surface area contributed by atoms with Crippen LogP contribution >= 0.6 is 0 Å². The number of para-hydroxylation sites is 1. The third-order valence-electron chi connectivity index (χ3n) is 5.51. The van der Waals surface area contributed by atoms with Crippen LogP contribution in [0.15, 0.2) is 24.3 Å². The van der Waals surface area contributed by atoms with Gasteiger partial charge in [-0.05, 0) is 37.2 Å². The summed E-state index contributed by atoms with van der Waals surface area (Å²) < 4.78 is 0. The van der Waals surface area contributed by atoms with Crippen LogP contribution in [0, 0.1) is 22.0 Å². The summed E-state index contributed by atoms with van der Waals surface area (Å²) in [5.74, 6) is 0.524. The zero-order valence-electron chi connectivity index (χ0n) is 14.2. The number of piperidine rings is 1. The van der Waals surface area contributed by atoms with Gasteiger partial charge in [0.1, 0.15) is 5.56 Å². The van der Waals surface area contributed by atoms with Crippen molar-refractivity contribution in [3.63, 3.8) is 0 Å². The predicted molar refractivity (Wildman–Crippen MR) is 92.0 cm³/mol. The smallest absolute Gasteiger partial charge is 0.282 e. The van der Waals surface area contributed by atoms with Crippen molar-refractivity contribution in [1.29, 1.82) is 0 Å². The molecule has 1 aliphatic carbocycles. The van der Waals surface area contributed by atoms with E-state index in [1.54, 1.807) is 12.1 Å². The second-order valence-electron chi connectivity index (χ2n) is 6.97. The molecule has 0 bridgehead atoms. The first-order valence-corrected chi connectivity index (χ1v) is 8.83. The first kappa shape index (κ1) is 17.4. The molecule has 2 N–H and O–H groups in total. The highest BCUT2D eigenvalue weighted by Gasteiger charge is 2.40. The first-order chi connectivity index (χ1) is 12.0. The Balaban J connectivity index is 1.68. The molecule has 2 fully saturated rings. The van der Waals surface area contributed by atoms with Crippen LogP contribution in [0.5, 0.6) is 0 Å². The summed E-state index contributed by atoms with van der Waals surface area (Å²) in [6.45, 7) is 2.11. The largest absolute Gasteiger partial charge is 0.353 e. The number of hydrogen-bond donors (Lipinski definition) is 2. The molecule has 2 amide bonds. The van der Waals surface area contributed by atoms with Gasteiger partial charge in [-0.3, -0.25) is 19.7 Å². The van der Waals surface area contributed by atoms with E-state index in [4.69, 9.17) is 0 Å². The molecule has 1 aliphatic heterocycles. The first-order valence-electron chi connectivity index (χ1n) is 8.83. The maximum Gasteiger partial charge on any atom is 0.282 e. The van der Waals surface area contributed by atoms with Crippen LogP contribution in [0.2, 0.25) is 0 Å². The quantitative estimate of drug-likeness (QED) is 0.646. The van der Waals surface area contributed by atoms with Crippen molar-refractivity contribution in [2.75, 3.05) is 0 Å². The molecule has 1 heterocycles. The molecule has 3 rings (SSSR count). The number of amides is 2. The van der Waals surface area contributed by atoms with Crippen LogP contribution in [-0.2, 0) is 4.79 Å². The molecule has 7 heteroatoms. The SMILES string of the molecule is CCC1CC(=O)NC2CC(NC(=O)c3ccccc3[N+](=O)[O-])CCC12. The molecule has 1 aromatic carbocycles. The number of fused-ring (bicyclic) bond motifs is 1. The highest BCUT2D eigenvalue weighted by Crippen LogP contribution is 2.37. The van der Waals surface area contributed by atoms with Crippen molar-refractivity contribution in [3.05, 3.63) is 39.9 Å². The monoisotopic (exact) mass is 345 g/mol. The molecule has 1 saturated carbocycles. The highest BCUT2D eigenvalue weighted by molar-refractivity contribution is 5.98. The van der Waals surface area contributed by atoms with E-state index in [2.05, 4.69) is 17.6 Å². The number of nitrogens with one attached hydrogen (secondary N) is 2. The molecule has 4 unspecified atom stereocenters. The summed E-state index contributed by atoms with van der Waals surface area (Å²) in [4.78, 5) is 34.9. The molecule has 7 nitrogen and oxygen atoms in total. The van der Waals surface area contributed by atoms with Crippen molar-refractivity contribution >= 4 is 17.5 Å². The lowest BCUT2D eigenvalue weighted by Gasteiger charge is -2.44. The predicted octanol–water partition coefficient (Wildman–Crippen LogP) is 2.41. The Labute approximate surface area is 146 Å². The van der Waals surface area contributed by atoms with Crippen LogP contribution in [0.1, 0.15) is 49.4 Å². The Morgan fingerprint density at radius 1 is 1.36 bits per heavy atom. The summed E-state index contributed by atoms with van der Waals surface area (Å²) in [7, 11) is 0. The van der Waals surface area contributed by atoms with Gasteiger partial charge >= 0.3 is 0 Å². The Hall–Kier alpha value is -2.44. The van der Waals surface area contributed by atoms with Gasteiger partial charge in [0.2, 0.25) is 5.91 Å². The van der Waals surface area contributed by atoms with Crippen molar-refractivity contribution in [3.8, 4) is 0 Å². The Kier molecular flexibility index (Phi) is 5.01. The lowest BCUT2D eigenvalue weighted by atomic mass is 9.70. The van der Waals surface area contributed by atoms with E-state index in [1.165, 1.54) is 12.1 Å². The van der Waals surface area contributed by atoms with Crippen LogP contribution in [0.3, 0.4) is 0 Å². The fraction of sp³-hybridized carbons (Fsp3) is 0.556. The van der Waals surface area contributed by atoms with Crippen LogP contribution < -0.4 is 10.6 Å². The van der Waals surface area contributed by atoms with E-state index < -0.39 is 10.8 Å². The molecule has 25 heavy (non-hydrogen) atoms. The van der Waals surface area contributed by atoms with Gasteiger partial charge in [0.05, 0.1) is 4.92 Å². The highest BCUT2D eigenvalue weighted by atomic mass is 16.6. The minimum Gasteiger partial charge on any atom is -0.353 e. The lowest BCUT2D eigenvalue weighted by Crippen LogP contribution is -2.55. The lowest BCUT2D eigenvalue weighted by molar-refractivity contribution is -0.385. The molecule has 1 aromatic rings. The second kappa shape index (κ2) is 7.21. The number of nitro benzene ring substituents is 1. The van der Waals surface area contributed by atoms with Gasteiger partial charge in [-0.25, -0.2) is 0 Å². The molecule has 0 spiro atoms. The summed E-state index contributed by atoms with van der Waals surface area (Å²) in [5.41, 5.74) is -0.112. The van der Waals surface area contributed by atoms with Crippen molar-refractivity contribution < 1.29 is 14.5 Å². The molecule has 134 valence electrons. The zero-order chi connectivity index (χ0) is 18.0. The topological polar surface area (TPSA) is 101 Å². The normalized spacial score (nSPS) is 28.6. The van der Waals surface area contributed by atoms with Crippen molar-refractivity contribution in [2.24, 2.45) is 11.8 Å². The maximum atomic E-state index is 12.5. The maximum absolute atomic E-state index is 12.5. The van der Waals surface area contributed by atoms with E-state index in [0.717, 1.165) is 19.3 Å². The zero-order valence-corrected chi connectivity index (χ0v) is 14.2. The molecule has 0 aromatic heterocycles. The van der Waals surface area contributed by atoms with Crippen molar-refractivity contribution in [2.45, 2.75) is 51.1 Å². The molecule has 1 saturated heterocycles. The minimum atomic E-state index is -0.543. The van der Waals surface area contributed by atoms with E-state index >= 15 is 0 Å². The summed E-state index contributed by atoms with van der Waals surface area (Å²) >= 11 is 0. The van der Waals surface area contributed by atoms with Gasteiger partial charge in [0.25, 0.3) is 11.6 Å². The molecule has 4 atom stereocenters. The summed E-state index contributed by atoms with van der Waals surface area (Å²) in [6, 6.07) is 5.96. The second-order valence-corrected chi connectivity index (χ2v) is 6.97. The Morgan fingerprint density at radius 3 is 2.84 bits per heavy atom. The van der Waals surface area contributed by atoms with E-state index in [0.29, 0.717) is 24.7 Å². The van der Waals surface area contributed by atoms with E-state index in [9.17, 15) is 19.7 Å². The molecule has 2 aliphatic rings. The number of carbonyl (C=O) groups excluding carboxylic acids is 2. The molecular weight excluding hydrogens is 322 g/mol. The van der Waals surface area contributed by atoms with Crippen molar-refractivity contribution in [1.82, 2.24) is 10.6 Å². The Bertz CT molecular complexity index is 691. The van der Waals surface area contributed by atoms with Crippen LogP contribution in [0.25, 0.3) is 0 Å². The number of benzene rings is 1. The van der Waals surface area contributed by atoms with E-state index in [1.807, 2.05) is 0 Å². The summed E-state index contributed by atoms with van der Waals surface area (Å²) in [5, 5.41) is 17.1. The number of hydrogen-bond acceptors (Lipinski definition) is 4. The van der Waals surface area contributed by atoms with Gasteiger partial charge in [-0.15, -0.1) is 0 Å². The fourth-order valence-corrected chi connectivity index (χ4v) is 4.25. The fourth-order valence-electron chi connectivity index (χ4n) is 4.25. The minimum absolute atomic E-state index is 0.0775. The van der Waals surface area contributed by atoms with Gasteiger partial charge in [-0.1, -0.05) is 25.5 Å². The number of carbonyl (C=O) groups is 2.